The van der Waals surface area contributed by atoms with Crippen LogP contribution in [-0.4, -0.2) is 67.6 Å². The van der Waals surface area contributed by atoms with E-state index < -0.39 is 0 Å². The number of H-pyrrole nitrogens is 2. The van der Waals surface area contributed by atoms with Crippen LogP contribution in [0.25, 0.3) is 22.5 Å². The van der Waals surface area contributed by atoms with Crippen LogP contribution in [0.3, 0.4) is 0 Å². The van der Waals surface area contributed by atoms with Crippen LogP contribution in [0.5, 0.6) is 23.0 Å². The Hall–Kier alpha value is -7.49. The molecule has 0 atom stereocenters. The molecule has 2 saturated heterocycles. The molecule has 0 unspecified atom stereocenters. The molecule has 13 nitrogen and oxygen atoms in total. The molecule has 5 aliphatic rings. The van der Waals surface area contributed by atoms with E-state index in [0.29, 0.717) is 123 Å². The molecule has 4 aliphatic heterocycles. The van der Waals surface area contributed by atoms with Crippen molar-refractivity contribution in [1.82, 2.24) is 15.0 Å². The Kier molecular flexibility index (Phi) is 11.6. The molecular weight excluding hydrogens is 869 g/mol. The van der Waals surface area contributed by atoms with Crippen LogP contribution >= 0.6 is 0 Å². The number of nitrogens with one attached hydrogen (secondary N) is 3. The van der Waals surface area contributed by atoms with Crippen molar-refractivity contribution in [2.75, 3.05) is 73.5 Å². The molecule has 7 aromatic rings. The predicted octanol–water partition coefficient (Wildman–Crippen LogP) is 8.89. The molecule has 0 amide bonds. The van der Waals surface area contributed by atoms with Crippen LogP contribution in [0.4, 0.5) is 31.5 Å². The van der Waals surface area contributed by atoms with Crippen LogP contribution in [0.2, 0.25) is 0 Å². The van der Waals surface area contributed by atoms with Gasteiger partial charge in [-0.05, 0) is 109 Å². The van der Waals surface area contributed by atoms with Crippen molar-refractivity contribution < 1.29 is 27.7 Å². The number of rotatable bonds is 8. The number of halogens is 2. The van der Waals surface area contributed by atoms with Crippen molar-refractivity contribution in [2.24, 2.45) is 0 Å². The molecule has 68 heavy (non-hydrogen) atoms. The average molecular weight is 918 g/mol. The molecule has 1 saturated carbocycles. The third-order valence-corrected chi connectivity index (χ3v) is 12.9. The third kappa shape index (κ3) is 9.27. The lowest BCUT2D eigenvalue weighted by Gasteiger charge is -2.29. The van der Waals surface area contributed by atoms with E-state index in [9.17, 15) is 18.4 Å². The van der Waals surface area contributed by atoms with Gasteiger partial charge in [0, 0.05) is 113 Å². The summed E-state index contributed by atoms with van der Waals surface area (Å²) < 4.78 is 52.6. The first kappa shape index (κ1) is 43.1. The first-order valence-corrected chi connectivity index (χ1v) is 23.0. The number of morpholine rings is 2. The maximum absolute atomic E-state index is 14.9. The fourth-order valence-electron chi connectivity index (χ4n) is 9.41. The minimum atomic E-state index is -0.382. The summed E-state index contributed by atoms with van der Waals surface area (Å²) in [5.41, 5.74) is 16.4. The van der Waals surface area contributed by atoms with Gasteiger partial charge in [-0.2, -0.15) is 0 Å². The molecule has 0 bridgehead atoms. The average Bonchev–Trinajstić information content (AvgIpc) is 4.21. The summed E-state index contributed by atoms with van der Waals surface area (Å²) in [6.45, 7) is 5.88. The number of aromatic nitrogens is 3. The molecule has 5 N–H and O–H groups in total. The summed E-state index contributed by atoms with van der Waals surface area (Å²) in [5, 5.41) is 3.47. The number of nitrogens with zero attached hydrogens (tertiary/aromatic N) is 3. The van der Waals surface area contributed by atoms with Gasteiger partial charge in [-0.1, -0.05) is 0 Å². The van der Waals surface area contributed by atoms with E-state index in [0.717, 1.165) is 50.8 Å². The van der Waals surface area contributed by atoms with Gasteiger partial charge < -0.3 is 49.8 Å². The number of benzene rings is 4. The van der Waals surface area contributed by atoms with Crippen LogP contribution in [0.1, 0.15) is 52.3 Å². The lowest BCUT2D eigenvalue weighted by atomic mass is 9.95. The van der Waals surface area contributed by atoms with Crippen molar-refractivity contribution in [3.05, 3.63) is 169 Å². The second-order valence-corrected chi connectivity index (χ2v) is 17.8. The highest BCUT2D eigenvalue weighted by Gasteiger charge is 2.27. The summed E-state index contributed by atoms with van der Waals surface area (Å²) in [5.74, 6) is 2.47. The Labute approximate surface area is 390 Å². The molecular formula is C53H49F2N7O6. The quantitative estimate of drug-likeness (QED) is 0.108. The highest BCUT2D eigenvalue weighted by Crippen LogP contribution is 2.46. The predicted molar refractivity (Wildman–Crippen MR) is 258 cm³/mol. The van der Waals surface area contributed by atoms with E-state index >= 15 is 0 Å². The summed E-state index contributed by atoms with van der Waals surface area (Å²) >= 11 is 0. The van der Waals surface area contributed by atoms with Crippen molar-refractivity contribution >= 4 is 22.7 Å². The number of hydrogen-bond donors (Lipinski definition) is 4. The highest BCUT2D eigenvalue weighted by molar-refractivity contribution is 5.76. The highest BCUT2D eigenvalue weighted by atomic mass is 19.1. The van der Waals surface area contributed by atoms with Crippen LogP contribution < -0.4 is 41.4 Å². The molecule has 0 radical (unpaired) electrons. The first-order chi connectivity index (χ1) is 33.1. The van der Waals surface area contributed by atoms with Gasteiger partial charge in [-0.25, -0.2) is 8.78 Å². The summed E-state index contributed by atoms with van der Waals surface area (Å²) in [4.78, 5) is 39.4. The Morgan fingerprint density at radius 1 is 0.632 bits per heavy atom. The molecule has 15 heteroatoms. The number of nitrogens with two attached hydrogens (primary N) is 1. The monoisotopic (exact) mass is 917 g/mol. The maximum Gasteiger partial charge on any atom is 0.250 e. The fraction of sp³-hybridized carbons (Fsp3) is 0.264. The fourth-order valence-corrected chi connectivity index (χ4v) is 9.41. The first-order valence-electron chi connectivity index (χ1n) is 23.0. The van der Waals surface area contributed by atoms with E-state index in [-0.39, 0.29) is 22.8 Å². The molecule has 7 heterocycles. The lowest BCUT2D eigenvalue weighted by molar-refractivity contribution is 0.122. The Bertz CT molecular complexity index is 3180. The van der Waals surface area contributed by atoms with Crippen molar-refractivity contribution in [1.29, 1.82) is 0 Å². The van der Waals surface area contributed by atoms with Gasteiger partial charge in [-0.3, -0.25) is 14.6 Å². The zero-order valence-electron chi connectivity index (χ0n) is 37.2. The summed E-state index contributed by atoms with van der Waals surface area (Å²) in [7, 11) is 0. The molecule has 3 fully saturated rings. The van der Waals surface area contributed by atoms with E-state index in [2.05, 4.69) is 48.3 Å². The van der Waals surface area contributed by atoms with Crippen molar-refractivity contribution in [2.45, 2.75) is 38.1 Å². The van der Waals surface area contributed by atoms with E-state index in [1.807, 2.05) is 42.6 Å². The standard InChI is InChI=1S/C31H29FN4O3.C22H20FN3O3/c32-23-12-22-11-21-14-24(34-18-25-13-20(5-6-33-25)19-1-2-19)3-4-29(21)39-31(22)27(15-23)28-16-26(17-30(37)35-28)36-7-9-38-10-8-36;23-15-8-14-7-13-9-16(24)1-2-20(13)29-22(14)18(10-15)19-11-17(12-21(27)25-19)26-3-5-28-6-4-26/h3-6,12-17,19,34H,1-2,7-11,18H2,(H,35,37);1-2,8-12H,3-7,24H2,(H,25,27). The minimum absolute atomic E-state index is 0.240. The van der Waals surface area contributed by atoms with E-state index in [1.54, 1.807) is 18.2 Å². The molecule has 4 aromatic carbocycles. The van der Waals surface area contributed by atoms with Gasteiger partial charge in [-0.15, -0.1) is 0 Å². The molecule has 0 spiro atoms. The smallest absolute Gasteiger partial charge is 0.250 e. The molecule has 3 aromatic heterocycles. The number of hydrogen-bond acceptors (Lipinski definition) is 11. The number of anilines is 4. The van der Waals surface area contributed by atoms with Gasteiger partial charge in [0.15, 0.2) is 0 Å². The van der Waals surface area contributed by atoms with Gasteiger partial charge >= 0.3 is 0 Å². The third-order valence-electron chi connectivity index (χ3n) is 12.9. The normalized spacial score (nSPS) is 15.9. The lowest BCUT2D eigenvalue weighted by Crippen LogP contribution is -2.36. The Morgan fingerprint density at radius 2 is 1.18 bits per heavy atom. The van der Waals surface area contributed by atoms with Crippen LogP contribution in [0.15, 0.2) is 113 Å². The molecule has 346 valence electrons. The van der Waals surface area contributed by atoms with Crippen LogP contribution in [0, 0.1) is 11.6 Å². The number of ether oxygens (including phenoxy) is 4. The summed E-state index contributed by atoms with van der Waals surface area (Å²) in [6, 6.07) is 28.4. The number of aromatic amines is 2. The topological polar surface area (TPSA) is 160 Å². The van der Waals surface area contributed by atoms with Crippen molar-refractivity contribution in [3.8, 4) is 45.5 Å². The number of pyridine rings is 3. The summed E-state index contributed by atoms with van der Waals surface area (Å²) in [6.07, 6.45) is 5.45. The SMILES string of the molecule is Nc1ccc2c(c1)Cc1cc(F)cc(-c3cc(N4CCOCC4)cc(=O)[nH]3)c1O2.O=c1cc(N2CCOCC2)cc(-c2cc(F)cc3c2Oc2ccc(NCc4cc(C5CC5)ccn4)cc2C3)[nH]1. The van der Waals surface area contributed by atoms with Crippen molar-refractivity contribution in [3.63, 3.8) is 0 Å². The zero-order chi connectivity index (χ0) is 46.3. The Balaban J connectivity index is 0.000000156. The zero-order valence-corrected chi connectivity index (χ0v) is 37.2. The largest absolute Gasteiger partial charge is 0.456 e. The maximum atomic E-state index is 14.9. The van der Waals surface area contributed by atoms with E-state index in [1.165, 1.54) is 42.7 Å². The second kappa shape index (κ2) is 18.3. The number of fused-ring (bicyclic) bond motifs is 4. The van der Waals surface area contributed by atoms with Gasteiger partial charge in [0.25, 0.3) is 0 Å². The van der Waals surface area contributed by atoms with Gasteiger partial charge in [0.2, 0.25) is 11.1 Å². The van der Waals surface area contributed by atoms with Gasteiger partial charge in [0.1, 0.15) is 34.6 Å². The van der Waals surface area contributed by atoms with Crippen LogP contribution in [-0.2, 0) is 28.9 Å². The number of nitrogen functional groups attached to an aromatic ring is 1. The Morgan fingerprint density at radius 3 is 1.74 bits per heavy atom. The second-order valence-electron chi connectivity index (χ2n) is 17.8. The minimum Gasteiger partial charge on any atom is -0.456 e. The van der Waals surface area contributed by atoms with E-state index in [4.69, 9.17) is 24.7 Å². The van der Waals surface area contributed by atoms with Gasteiger partial charge in [0.05, 0.1) is 50.1 Å². The molecule has 12 rings (SSSR count). The molecule has 1 aliphatic carbocycles.